The number of para-hydroxylation sites is 1. The van der Waals surface area contributed by atoms with Crippen LogP contribution in [0.1, 0.15) is 23.2 Å². The molecule has 0 fully saturated rings. The van der Waals surface area contributed by atoms with Crippen LogP contribution in [-0.2, 0) is 4.79 Å². The Labute approximate surface area is 150 Å². The summed E-state index contributed by atoms with van der Waals surface area (Å²) in [6.45, 7) is 3.90. The molecule has 0 spiro atoms. The third kappa shape index (κ3) is 4.00. The number of oxazole rings is 1. The van der Waals surface area contributed by atoms with Gasteiger partial charge in [0.1, 0.15) is 11.3 Å². The van der Waals surface area contributed by atoms with E-state index in [2.05, 4.69) is 15.6 Å². The van der Waals surface area contributed by atoms with Crippen molar-refractivity contribution in [3.8, 4) is 5.75 Å². The number of amides is 2. The first-order chi connectivity index (χ1) is 12.6. The lowest BCUT2D eigenvalue weighted by Gasteiger charge is -2.10. The standard InChI is InChI=1S/C19H19N3O4/c1-3-25-16-7-5-4-6-14(16)19(24)20-11-18(23)22-13-8-9-17-15(10-13)21-12(2)26-17/h4-10H,3,11H2,1-2H3,(H,20,24)(H,22,23). The van der Waals surface area contributed by atoms with Crippen LogP contribution in [0.5, 0.6) is 5.75 Å². The number of carbonyl (C=O) groups excluding carboxylic acids is 2. The molecule has 26 heavy (non-hydrogen) atoms. The molecule has 0 saturated heterocycles. The number of nitrogens with one attached hydrogen (secondary N) is 2. The molecule has 7 heteroatoms. The Morgan fingerprint density at radius 3 is 2.81 bits per heavy atom. The zero-order valence-electron chi connectivity index (χ0n) is 14.5. The molecule has 3 rings (SSSR count). The fourth-order valence-corrected chi connectivity index (χ4v) is 2.52. The third-order valence-corrected chi connectivity index (χ3v) is 3.62. The number of nitrogens with zero attached hydrogens (tertiary/aromatic N) is 1. The van der Waals surface area contributed by atoms with Crippen LogP contribution in [0.2, 0.25) is 0 Å². The highest BCUT2D eigenvalue weighted by Gasteiger charge is 2.13. The van der Waals surface area contributed by atoms with Gasteiger partial charge in [0.05, 0.1) is 18.7 Å². The number of hydrogen-bond donors (Lipinski definition) is 2. The summed E-state index contributed by atoms with van der Waals surface area (Å²) in [6, 6.07) is 12.1. The van der Waals surface area contributed by atoms with E-state index in [1.165, 1.54) is 0 Å². The van der Waals surface area contributed by atoms with E-state index >= 15 is 0 Å². The SMILES string of the molecule is CCOc1ccccc1C(=O)NCC(=O)Nc1ccc2oc(C)nc2c1. The highest BCUT2D eigenvalue weighted by molar-refractivity contribution is 6.01. The van der Waals surface area contributed by atoms with Crippen molar-refractivity contribution in [2.75, 3.05) is 18.5 Å². The molecule has 0 unspecified atom stereocenters. The predicted octanol–water partition coefficient (Wildman–Crippen LogP) is 2.90. The van der Waals surface area contributed by atoms with Crippen molar-refractivity contribution in [1.29, 1.82) is 0 Å². The topological polar surface area (TPSA) is 93.5 Å². The average Bonchev–Trinajstić information content (AvgIpc) is 3.00. The molecule has 0 aliphatic rings. The van der Waals surface area contributed by atoms with E-state index in [0.29, 0.717) is 40.6 Å². The van der Waals surface area contributed by atoms with Crippen molar-refractivity contribution in [3.05, 3.63) is 53.9 Å². The maximum atomic E-state index is 12.3. The molecule has 0 aliphatic heterocycles. The van der Waals surface area contributed by atoms with Gasteiger partial charge in [-0.2, -0.15) is 0 Å². The number of benzene rings is 2. The summed E-state index contributed by atoms with van der Waals surface area (Å²) in [5, 5.41) is 5.32. The number of fused-ring (bicyclic) bond motifs is 1. The molecule has 0 atom stereocenters. The molecule has 0 saturated carbocycles. The fourth-order valence-electron chi connectivity index (χ4n) is 2.52. The van der Waals surface area contributed by atoms with Crippen molar-refractivity contribution in [3.63, 3.8) is 0 Å². The van der Waals surface area contributed by atoms with Gasteiger partial charge in [-0.25, -0.2) is 4.98 Å². The highest BCUT2D eigenvalue weighted by atomic mass is 16.5. The molecule has 2 aromatic carbocycles. The van der Waals surface area contributed by atoms with Gasteiger partial charge >= 0.3 is 0 Å². The summed E-state index contributed by atoms with van der Waals surface area (Å²) >= 11 is 0. The minimum Gasteiger partial charge on any atom is -0.493 e. The molecule has 7 nitrogen and oxygen atoms in total. The number of ether oxygens (including phenoxy) is 1. The first-order valence-electron chi connectivity index (χ1n) is 8.24. The minimum atomic E-state index is -0.369. The van der Waals surface area contributed by atoms with Crippen molar-refractivity contribution >= 4 is 28.6 Å². The Bertz CT molecular complexity index is 949. The first-order valence-corrected chi connectivity index (χ1v) is 8.24. The molecule has 2 N–H and O–H groups in total. The summed E-state index contributed by atoms with van der Waals surface area (Å²) in [6.07, 6.45) is 0. The Kier molecular flexibility index (Phi) is 5.17. The third-order valence-electron chi connectivity index (χ3n) is 3.62. The number of anilines is 1. The predicted molar refractivity (Wildman–Crippen MR) is 97.3 cm³/mol. The molecule has 134 valence electrons. The van der Waals surface area contributed by atoms with Crippen LogP contribution in [0, 0.1) is 6.92 Å². The summed E-state index contributed by atoms with van der Waals surface area (Å²) in [5.41, 5.74) is 2.29. The van der Waals surface area contributed by atoms with E-state index in [1.54, 1.807) is 49.4 Å². The summed E-state index contributed by atoms with van der Waals surface area (Å²) in [5.74, 6) is 0.335. The summed E-state index contributed by atoms with van der Waals surface area (Å²) in [7, 11) is 0. The number of aryl methyl sites for hydroxylation is 1. The highest BCUT2D eigenvalue weighted by Crippen LogP contribution is 2.20. The van der Waals surface area contributed by atoms with E-state index in [-0.39, 0.29) is 18.4 Å². The lowest BCUT2D eigenvalue weighted by molar-refractivity contribution is -0.115. The van der Waals surface area contributed by atoms with Gasteiger partial charge in [-0.1, -0.05) is 12.1 Å². The zero-order valence-corrected chi connectivity index (χ0v) is 14.5. The summed E-state index contributed by atoms with van der Waals surface area (Å²) in [4.78, 5) is 28.6. The summed E-state index contributed by atoms with van der Waals surface area (Å²) < 4.78 is 10.8. The van der Waals surface area contributed by atoms with Crippen LogP contribution in [-0.4, -0.2) is 29.9 Å². The van der Waals surface area contributed by atoms with Gasteiger partial charge in [0.2, 0.25) is 5.91 Å². The second-order valence-corrected chi connectivity index (χ2v) is 5.58. The van der Waals surface area contributed by atoms with Gasteiger partial charge in [-0.15, -0.1) is 0 Å². The molecule has 1 heterocycles. The molecular formula is C19H19N3O4. The molecular weight excluding hydrogens is 334 g/mol. The molecule has 0 radical (unpaired) electrons. The van der Waals surface area contributed by atoms with Gasteiger partial charge in [0, 0.05) is 12.6 Å². The van der Waals surface area contributed by atoms with E-state index in [1.807, 2.05) is 6.92 Å². The van der Waals surface area contributed by atoms with Gasteiger partial charge in [-0.3, -0.25) is 9.59 Å². The molecule has 0 bridgehead atoms. The van der Waals surface area contributed by atoms with E-state index in [9.17, 15) is 9.59 Å². The molecule has 0 aliphatic carbocycles. The Hall–Kier alpha value is -3.35. The van der Waals surface area contributed by atoms with Crippen molar-refractivity contribution in [1.82, 2.24) is 10.3 Å². The second-order valence-electron chi connectivity index (χ2n) is 5.58. The largest absolute Gasteiger partial charge is 0.493 e. The fraction of sp³-hybridized carbons (Fsp3) is 0.211. The average molecular weight is 353 g/mol. The van der Waals surface area contributed by atoms with Gasteiger partial charge in [0.15, 0.2) is 11.5 Å². The maximum Gasteiger partial charge on any atom is 0.255 e. The first kappa shape index (κ1) is 17.5. The number of rotatable bonds is 6. The zero-order chi connectivity index (χ0) is 18.5. The normalized spacial score (nSPS) is 10.5. The van der Waals surface area contributed by atoms with Crippen molar-refractivity contribution < 1.29 is 18.7 Å². The molecule has 2 amide bonds. The number of aromatic nitrogens is 1. The quantitative estimate of drug-likeness (QED) is 0.711. The van der Waals surface area contributed by atoms with Gasteiger partial charge in [0.25, 0.3) is 5.91 Å². The van der Waals surface area contributed by atoms with Crippen LogP contribution in [0.3, 0.4) is 0 Å². The molecule has 3 aromatic rings. The van der Waals surface area contributed by atoms with E-state index < -0.39 is 0 Å². The number of hydrogen-bond acceptors (Lipinski definition) is 5. The van der Waals surface area contributed by atoms with Crippen LogP contribution in [0.4, 0.5) is 5.69 Å². The lowest BCUT2D eigenvalue weighted by atomic mass is 10.2. The van der Waals surface area contributed by atoms with Crippen LogP contribution in [0.25, 0.3) is 11.1 Å². The van der Waals surface area contributed by atoms with E-state index in [0.717, 1.165) is 0 Å². The second kappa shape index (κ2) is 7.69. The minimum absolute atomic E-state index is 0.158. The lowest BCUT2D eigenvalue weighted by Crippen LogP contribution is -2.33. The smallest absolute Gasteiger partial charge is 0.255 e. The van der Waals surface area contributed by atoms with Crippen LogP contribution < -0.4 is 15.4 Å². The number of carbonyl (C=O) groups is 2. The monoisotopic (exact) mass is 353 g/mol. The molecule has 1 aromatic heterocycles. The van der Waals surface area contributed by atoms with Crippen LogP contribution in [0.15, 0.2) is 46.9 Å². The Morgan fingerprint density at radius 2 is 2.00 bits per heavy atom. The Morgan fingerprint density at radius 1 is 1.19 bits per heavy atom. The van der Waals surface area contributed by atoms with Crippen molar-refractivity contribution in [2.45, 2.75) is 13.8 Å². The van der Waals surface area contributed by atoms with Crippen LogP contribution >= 0.6 is 0 Å². The van der Waals surface area contributed by atoms with Gasteiger partial charge in [-0.05, 0) is 37.3 Å². The van der Waals surface area contributed by atoms with Crippen molar-refractivity contribution in [2.24, 2.45) is 0 Å². The van der Waals surface area contributed by atoms with Gasteiger partial charge < -0.3 is 19.8 Å². The van der Waals surface area contributed by atoms with E-state index in [4.69, 9.17) is 9.15 Å². The maximum absolute atomic E-state index is 12.3. The Balaban J connectivity index is 1.60.